The Hall–Kier alpha value is -10.3. The molecule has 0 saturated heterocycles. The summed E-state index contributed by atoms with van der Waals surface area (Å²) in [4.78, 5) is 61.7. The van der Waals surface area contributed by atoms with Crippen LogP contribution >= 0.6 is 12.4 Å². The van der Waals surface area contributed by atoms with Crippen molar-refractivity contribution >= 4 is 47.7 Å². The molecule has 0 unspecified atom stereocenters. The molecule has 14 heteroatoms. The van der Waals surface area contributed by atoms with Crippen LogP contribution in [0.1, 0.15) is 177 Å². The van der Waals surface area contributed by atoms with Crippen LogP contribution < -0.4 is 11.6 Å². The van der Waals surface area contributed by atoms with Gasteiger partial charge in [-0.3, -0.25) is 19.3 Å². The molecular formula is C81H83ClN4O9. The third-order valence-electron chi connectivity index (χ3n) is 16.9. The first-order valence-electron chi connectivity index (χ1n) is 30.4. The number of fused-ring (bicyclic) bond motifs is 10. The third-order valence-corrected chi connectivity index (χ3v) is 16.9. The lowest BCUT2D eigenvalue weighted by Gasteiger charge is -2.28. The minimum Gasteiger partial charge on any atom is -0.410 e. The van der Waals surface area contributed by atoms with Crippen molar-refractivity contribution in [2.45, 2.75) is 92.7 Å². The van der Waals surface area contributed by atoms with Crippen LogP contribution in [0.4, 0.5) is 0 Å². The molecule has 0 aromatic heterocycles. The standard InChI is InChI=1S/C23H17NO2.C15H13NO.C15H15N.C15H12O.C8H4O3.C2H6O.3CH4.ClH.H3NO/c25-22-19-11-5-6-12-20(19)23(26)24(22)21-17-9-3-1-7-15(17)13-14-16-8-2-4-10-18(16)21;17-16-15-13-7-3-1-5-11(13)9-10-12-6-2-4-8-14(12)15;2*16-15-13-7-3-1-5-11(13)9-10-12-6-2-4-8-14(12)15;9-7-5-3-1-2-4-6(5)8(10)11-7;1-2-3;;;;;1-2/h1-12,21H,13-14H2;1-8,17H,9-10H2;1-8,15H,9-10,16H2;1-8H,9-10H2;1-4H;3H,2H2,1H3;3*1H4;1H;2H,1H2. The summed E-state index contributed by atoms with van der Waals surface area (Å²) in [5.74, 6) is 2.16. The number of ketones is 1. The fourth-order valence-corrected chi connectivity index (χ4v) is 12.6. The van der Waals surface area contributed by atoms with Crippen LogP contribution in [-0.4, -0.2) is 62.3 Å². The van der Waals surface area contributed by atoms with Crippen molar-refractivity contribution in [3.63, 3.8) is 0 Å². The van der Waals surface area contributed by atoms with Crippen LogP contribution in [0.5, 0.6) is 0 Å². The number of amides is 2. The molecule has 2 aliphatic heterocycles. The molecule has 10 aromatic rings. The predicted octanol–water partition coefficient (Wildman–Crippen LogP) is 15.7. The Morgan fingerprint density at radius 1 is 0.379 bits per heavy atom. The van der Waals surface area contributed by atoms with Gasteiger partial charge in [0.1, 0.15) is 5.71 Å². The molecule has 16 rings (SSSR count). The minimum absolute atomic E-state index is 0. The van der Waals surface area contributed by atoms with Gasteiger partial charge < -0.3 is 26.0 Å². The van der Waals surface area contributed by atoms with Crippen molar-refractivity contribution in [1.82, 2.24) is 4.90 Å². The van der Waals surface area contributed by atoms with Gasteiger partial charge >= 0.3 is 11.9 Å². The second-order valence-corrected chi connectivity index (χ2v) is 22.1. The summed E-state index contributed by atoms with van der Waals surface area (Å²) in [6, 6.07) is 78.8. The van der Waals surface area contributed by atoms with Crippen molar-refractivity contribution in [1.29, 1.82) is 0 Å². The number of hydrogen-bond donors (Lipinski definition) is 5. The summed E-state index contributed by atoms with van der Waals surface area (Å²) in [6.45, 7) is 1.93. The van der Waals surface area contributed by atoms with Gasteiger partial charge in [-0.15, -0.1) is 12.4 Å². The second kappa shape index (κ2) is 35.1. The van der Waals surface area contributed by atoms with Gasteiger partial charge in [0.25, 0.3) is 11.8 Å². The van der Waals surface area contributed by atoms with Crippen molar-refractivity contribution in [2.24, 2.45) is 16.8 Å². The number of aliphatic hydroxyl groups is 1. The maximum Gasteiger partial charge on any atom is 0.346 e. The van der Waals surface area contributed by atoms with Crippen molar-refractivity contribution < 1.29 is 44.2 Å². The number of aliphatic hydroxyl groups excluding tert-OH is 1. The van der Waals surface area contributed by atoms with Crippen molar-refractivity contribution in [3.05, 3.63) is 354 Å². The number of oxime groups is 1. The minimum atomic E-state index is -0.550. The smallest absolute Gasteiger partial charge is 0.346 e. The maximum atomic E-state index is 13.1. The zero-order valence-electron chi connectivity index (χ0n) is 50.9. The predicted molar refractivity (Wildman–Crippen MR) is 379 cm³/mol. The van der Waals surface area contributed by atoms with E-state index >= 15 is 0 Å². The lowest BCUT2D eigenvalue weighted by atomic mass is 9.93. The number of cyclic esters (lactones) is 2. The first-order valence-corrected chi connectivity index (χ1v) is 30.4. The zero-order chi connectivity index (χ0) is 63.8. The highest BCUT2D eigenvalue weighted by atomic mass is 35.5. The van der Waals surface area contributed by atoms with E-state index in [1.54, 1.807) is 43.3 Å². The molecule has 13 nitrogen and oxygen atoms in total. The average Bonchev–Trinajstić information content (AvgIpc) is 1.61. The van der Waals surface area contributed by atoms with Crippen molar-refractivity contribution in [3.8, 4) is 0 Å². The van der Waals surface area contributed by atoms with Crippen LogP contribution in [0.3, 0.4) is 0 Å². The molecule has 0 radical (unpaired) electrons. The van der Waals surface area contributed by atoms with Gasteiger partial charge in [-0.25, -0.2) is 15.5 Å². The Morgan fingerprint density at radius 3 is 0.937 bits per heavy atom. The third kappa shape index (κ3) is 16.2. The molecule has 10 aromatic carbocycles. The summed E-state index contributed by atoms with van der Waals surface area (Å²) >= 11 is 0. The van der Waals surface area contributed by atoms with Crippen LogP contribution in [0, 0.1) is 0 Å². The number of benzene rings is 10. The molecule has 0 bridgehead atoms. The van der Waals surface area contributed by atoms with Gasteiger partial charge in [0.15, 0.2) is 5.78 Å². The second-order valence-electron chi connectivity index (χ2n) is 22.1. The number of hydrogen-bond acceptors (Lipinski definition) is 12. The van der Waals surface area contributed by atoms with E-state index in [4.69, 9.17) is 16.0 Å². The summed E-state index contributed by atoms with van der Waals surface area (Å²) in [5, 5.41) is 26.9. The van der Waals surface area contributed by atoms with E-state index in [1.807, 2.05) is 121 Å². The topological polar surface area (TPSA) is 223 Å². The SMILES string of the molecule is C.C.C.CCO.Cl.NC1c2ccccc2CCc2ccccc21.NO.O=C1OC(=O)c2ccccc21.O=C1c2ccccc2C(=O)N1C1c2ccccc2CCc2ccccc21.O=C1c2ccccc2CCc2ccccc21.ON=C1c2ccccc2CCc2ccccc21. The average molecular weight is 1290 g/mol. The molecule has 4 aliphatic carbocycles. The van der Waals surface area contributed by atoms with E-state index in [2.05, 4.69) is 101 Å². The Kier molecular flexibility index (Phi) is 27.3. The Balaban J connectivity index is 0.000000187. The largest absolute Gasteiger partial charge is 0.410 e. The number of imide groups is 1. The van der Waals surface area contributed by atoms with E-state index in [0.29, 0.717) is 28.0 Å². The highest BCUT2D eigenvalue weighted by molar-refractivity contribution is 6.22. The van der Waals surface area contributed by atoms with Gasteiger partial charge in [0.2, 0.25) is 0 Å². The fourth-order valence-electron chi connectivity index (χ4n) is 12.6. The Labute approximate surface area is 563 Å². The highest BCUT2D eigenvalue weighted by Crippen LogP contribution is 2.41. The van der Waals surface area contributed by atoms with Crippen LogP contribution in [0.2, 0.25) is 0 Å². The van der Waals surface area contributed by atoms with E-state index in [0.717, 1.165) is 84.7 Å². The van der Waals surface area contributed by atoms with E-state index in [9.17, 15) is 29.2 Å². The number of aryl methyl sites for hydroxylation is 8. The number of nitrogens with two attached hydrogens (primary N) is 2. The van der Waals surface area contributed by atoms with Crippen LogP contribution in [0.15, 0.2) is 248 Å². The Morgan fingerprint density at radius 2 is 0.611 bits per heavy atom. The van der Waals surface area contributed by atoms with Gasteiger partial charge in [0, 0.05) is 28.9 Å². The quantitative estimate of drug-likeness (QED) is 0.0342. The highest BCUT2D eigenvalue weighted by Gasteiger charge is 2.43. The molecule has 7 N–H and O–H groups in total. The molecule has 0 atom stereocenters. The van der Waals surface area contributed by atoms with Crippen molar-refractivity contribution in [2.75, 3.05) is 6.61 Å². The molecule has 95 heavy (non-hydrogen) atoms. The van der Waals surface area contributed by atoms with Gasteiger partial charge in [-0.05, 0) is 149 Å². The molecule has 0 spiro atoms. The molecule has 488 valence electrons. The van der Waals surface area contributed by atoms with Gasteiger partial charge in [-0.1, -0.05) is 246 Å². The molecule has 6 aliphatic rings. The van der Waals surface area contributed by atoms with E-state index in [-0.39, 0.29) is 71.0 Å². The first-order chi connectivity index (χ1) is 44.6. The molecular weight excluding hydrogens is 1210 g/mol. The number of carbonyl (C=O) groups excluding carboxylic acids is 5. The molecule has 2 amide bonds. The monoisotopic (exact) mass is 1290 g/mol. The number of halogens is 1. The molecule has 0 saturated carbocycles. The number of ether oxygens (including phenoxy) is 1. The number of carbonyl (C=O) groups is 5. The number of esters is 2. The van der Waals surface area contributed by atoms with Gasteiger partial charge in [-0.2, -0.15) is 0 Å². The van der Waals surface area contributed by atoms with E-state index < -0.39 is 11.9 Å². The summed E-state index contributed by atoms with van der Waals surface area (Å²) < 4.78 is 4.35. The van der Waals surface area contributed by atoms with Crippen LogP contribution in [-0.2, 0) is 56.1 Å². The van der Waals surface area contributed by atoms with E-state index in [1.165, 1.54) is 60.5 Å². The fraction of sp³-hybridized carbons (Fsp3) is 0.185. The zero-order valence-corrected chi connectivity index (χ0v) is 51.7. The number of nitrogens with zero attached hydrogens (tertiary/aromatic N) is 2. The van der Waals surface area contributed by atoms with Crippen LogP contribution in [0.25, 0.3) is 0 Å². The maximum absolute atomic E-state index is 13.1. The molecule has 0 fully saturated rings. The van der Waals surface area contributed by atoms with Gasteiger partial charge in [0.05, 0.1) is 34.3 Å². The Bertz CT molecular complexity index is 4070. The summed E-state index contributed by atoms with van der Waals surface area (Å²) in [7, 11) is 0. The lowest BCUT2D eigenvalue weighted by Crippen LogP contribution is -2.35. The first kappa shape index (κ1) is 73.8. The summed E-state index contributed by atoms with van der Waals surface area (Å²) in [5.41, 5.74) is 27.3. The summed E-state index contributed by atoms with van der Waals surface area (Å²) in [6.07, 6.45) is 7.91. The lowest BCUT2D eigenvalue weighted by molar-refractivity contribution is 0.0441. The normalized spacial score (nSPS) is 13.6. The number of rotatable bonds is 1. The molecule has 2 heterocycles.